The molecule has 21 heavy (non-hydrogen) atoms. The molecule has 0 saturated heterocycles. The van der Waals surface area contributed by atoms with Gasteiger partial charge in [-0.15, -0.1) is 0 Å². The summed E-state index contributed by atoms with van der Waals surface area (Å²) < 4.78 is 0. The highest BCUT2D eigenvalue weighted by Crippen LogP contribution is 2.30. The average molecular weight is 322 g/mol. The molecular formula is C15H13Cl2N3O. The number of hydrogen-bond donors (Lipinski definition) is 0. The second-order valence-corrected chi connectivity index (χ2v) is 5.71. The van der Waals surface area contributed by atoms with Gasteiger partial charge in [0.2, 0.25) is 0 Å². The zero-order valence-electron chi connectivity index (χ0n) is 11.4. The fourth-order valence-electron chi connectivity index (χ4n) is 2.41. The van der Waals surface area contributed by atoms with E-state index in [1.165, 1.54) is 0 Å². The maximum absolute atomic E-state index is 12.4. The molecule has 2 aromatic rings. The molecule has 0 radical (unpaired) electrons. The zero-order chi connectivity index (χ0) is 15.0. The second-order valence-electron chi connectivity index (χ2n) is 4.92. The standard InChI is InChI=1S/C15H13Cl2N3O/c1-19-8-10-4-2-3-5-13(10)20(15(19)21)9-12-11(16)6-7-14(17)18-12/h2-7H,8-9H2,1H3. The van der Waals surface area contributed by atoms with Crippen LogP contribution in [0.25, 0.3) is 0 Å². The van der Waals surface area contributed by atoms with Crippen LogP contribution in [0.2, 0.25) is 10.2 Å². The molecule has 0 bridgehead atoms. The Morgan fingerprint density at radius 2 is 1.95 bits per heavy atom. The van der Waals surface area contributed by atoms with Crippen molar-refractivity contribution in [1.82, 2.24) is 9.88 Å². The normalized spacial score (nSPS) is 14.3. The van der Waals surface area contributed by atoms with Crippen molar-refractivity contribution in [3.05, 3.63) is 57.8 Å². The van der Waals surface area contributed by atoms with E-state index in [0.29, 0.717) is 29.0 Å². The molecule has 4 nitrogen and oxygen atoms in total. The number of halogens is 2. The van der Waals surface area contributed by atoms with E-state index >= 15 is 0 Å². The summed E-state index contributed by atoms with van der Waals surface area (Å²) in [7, 11) is 1.78. The molecule has 2 heterocycles. The molecule has 0 fully saturated rings. The van der Waals surface area contributed by atoms with Crippen molar-refractivity contribution in [2.24, 2.45) is 0 Å². The van der Waals surface area contributed by atoms with Crippen molar-refractivity contribution in [2.45, 2.75) is 13.1 Å². The van der Waals surface area contributed by atoms with Crippen molar-refractivity contribution in [2.75, 3.05) is 11.9 Å². The van der Waals surface area contributed by atoms with E-state index < -0.39 is 0 Å². The SMILES string of the molecule is CN1Cc2ccccc2N(Cc2nc(Cl)ccc2Cl)C1=O. The number of carbonyl (C=O) groups is 1. The quantitative estimate of drug-likeness (QED) is 0.785. The lowest BCUT2D eigenvalue weighted by atomic mass is 10.1. The predicted octanol–water partition coefficient (Wildman–Crippen LogP) is 3.96. The molecule has 6 heteroatoms. The number of pyridine rings is 1. The number of fused-ring (bicyclic) bond motifs is 1. The number of nitrogens with zero attached hydrogens (tertiary/aromatic N) is 3. The Balaban J connectivity index is 2.01. The highest BCUT2D eigenvalue weighted by molar-refractivity contribution is 6.32. The van der Waals surface area contributed by atoms with E-state index in [-0.39, 0.29) is 6.03 Å². The molecule has 0 spiro atoms. The summed E-state index contributed by atoms with van der Waals surface area (Å²) in [5.41, 5.74) is 2.57. The van der Waals surface area contributed by atoms with E-state index in [2.05, 4.69) is 4.98 Å². The minimum absolute atomic E-state index is 0.0773. The lowest BCUT2D eigenvalue weighted by Gasteiger charge is -2.35. The lowest BCUT2D eigenvalue weighted by Crippen LogP contribution is -2.44. The highest BCUT2D eigenvalue weighted by atomic mass is 35.5. The van der Waals surface area contributed by atoms with E-state index in [1.54, 1.807) is 29.0 Å². The van der Waals surface area contributed by atoms with Crippen molar-refractivity contribution in [3.63, 3.8) is 0 Å². The molecule has 108 valence electrons. The molecule has 1 aliphatic rings. The molecule has 2 amide bonds. The van der Waals surface area contributed by atoms with Gasteiger partial charge in [0.25, 0.3) is 0 Å². The topological polar surface area (TPSA) is 36.4 Å². The summed E-state index contributed by atoms with van der Waals surface area (Å²) in [6.07, 6.45) is 0. The number of hydrogen-bond acceptors (Lipinski definition) is 2. The molecule has 0 unspecified atom stereocenters. The molecule has 3 rings (SSSR count). The third-order valence-corrected chi connectivity index (χ3v) is 3.99. The molecule has 0 atom stereocenters. The highest BCUT2D eigenvalue weighted by Gasteiger charge is 2.28. The number of carbonyl (C=O) groups excluding carboxylic acids is 1. The van der Waals surface area contributed by atoms with Crippen molar-refractivity contribution < 1.29 is 4.79 Å². The van der Waals surface area contributed by atoms with Crippen LogP contribution < -0.4 is 4.90 Å². The number of amides is 2. The van der Waals surface area contributed by atoms with Crippen LogP contribution in [-0.2, 0) is 13.1 Å². The van der Waals surface area contributed by atoms with E-state index in [1.807, 2.05) is 24.3 Å². The Kier molecular flexibility index (Phi) is 3.74. The van der Waals surface area contributed by atoms with Gasteiger partial charge in [0, 0.05) is 13.6 Å². The fourth-order valence-corrected chi connectivity index (χ4v) is 2.74. The first-order valence-electron chi connectivity index (χ1n) is 6.47. The zero-order valence-corrected chi connectivity index (χ0v) is 12.9. The van der Waals surface area contributed by atoms with Crippen LogP contribution in [0.1, 0.15) is 11.3 Å². The maximum Gasteiger partial charge on any atom is 0.324 e. The van der Waals surface area contributed by atoms with E-state index in [4.69, 9.17) is 23.2 Å². The summed E-state index contributed by atoms with van der Waals surface area (Å²) in [5.74, 6) is 0. The van der Waals surface area contributed by atoms with Crippen LogP contribution in [0.5, 0.6) is 0 Å². The van der Waals surface area contributed by atoms with Crippen LogP contribution in [0.4, 0.5) is 10.5 Å². The van der Waals surface area contributed by atoms with Crippen molar-refractivity contribution in [3.8, 4) is 0 Å². The monoisotopic (exact) mass is 321 g/mol. The number of aromatic nitrogens is 1. The van der Waals surface area contributed by atoms with Gasteiger partial charge in [0.1, 0.15) is 5.15 Å². The van der Waals surface area contributed by atoms with Gasteiger partial charge in [-0.05, 0) is 23.8 Å². The number of rotatable bonds is 2. The first kappa shape index (κ1) is 14.2. The first-order valence-corrected chi connectivity index (χ1v) is 7.23. The predicted molar refractivity (Wildman–Crippen MR) is 83.7 cm³/mol. The van der Waals surface area contributed by atoms with Gasteiger partial charge in [-0.1, -0.05) is 41.4 Å². The molecule has 1 aromatic heterocycles. The third-order valence-electron chi connectivity index (χ3n) is 3.44. The van der Waals surface area contributed by atoms with Gasteiger partial charge in [-0.2, -0.15) is 0 Å². The minimum Gasteiger partial charge on any atom is -0.323 e. The Labute approximate surface area is 132 Å². The molecule has 0 saturated carbocycles. The summed E-state index contributed by atoms with van der Waals surface area (Å²) in [5, 5.41) is 0.860. The van der Waals surface area contributed by atoms with Gasteiger partial charge in [0.15, 0.2) is 0 Å². The Bertz CT molecular complexity index is 705. The summed E-state index contributed by atoms with van der Waals surface area (Å²) >= 11 is 12.1. The number of para-hydroxylation sites is 1. The Morgan fingerprint density at radius 1 is 1.19 bits per heavy atom. The van der Waals surface area contributed by atoms with Crippen molar-refractivity contribution >= 4 is 34.9 Å². The average Bonchev–Trinajstić information content (AvgIpc) is 2.47. The number of anilines is 1. The van der Waals surface area contributed by atoms with Gasteiger partial charge in [-0.3, -0.25) is 4.90 Å². The molecule has 1 aromatic carbocycles. The smallest absolute Gasteiger partial charge is 0.323 e. The van der Waals surface area contributed by atoms with E-state index in [0.717, 1.165) is 11.3 Å². The largest absolute Gasteiger partial charge is 0.324 e. The van der Waals surface area contributed by atoms with Crippen molar-refractivity contribution in [1.29, 1.82) is 0 Å². The summed E-state index contributed by atoms with van der Waals surface area (Å²) in [4.78, 5) is 20.0. The van der Waals surface area contributed by atoms with Crippen LogP contribution in [0, 0.1) is 0 Å². The molecule has 0 aliphatic carbocycles. The number of urea groups is 1. The van der Waals surface area contributed by atoms with Crippen LogP contribution in [-0.4, -0.2) is 23.0 Å². The molecule has 1 aliphatic heterocycles. The number of benzene rings is 1. The third kappa shape index (κ3) is 2.69. The van der Waals surface area contributed by atoms with Crippen LogP contribution in [0.15, 0.2) is 36.4 Å². The second kappa shape index (κ2) is 5.54. The summed E-state index contributed by atoms with van der Waals surface area (Å²) in [6, 6.07) is 11.1. The maximum atomic E-state index is 12.4. The minimum atomic E-state index is -0.0773. The lowest BCUT2D eigenvalue weighted by molar-refractivity contribution is 0.210. The van der Waals surface area contributed by atoms with Gasteiger partial charge in [-0.25, -0.2) is 9.78 Å². The van der Waals surface area contributed by atoms with Gasteiger partial charge in [0.05, 0.1) is 22.9 Å². The van der Waals surface area contributed by atoms with E-state index in [9.17, 15) is 4.79 Å². The first-order chi connectivity index (χ1) is 10.1. The van der Waals surface area contributed by atoms with Gasteiger partial charge < -0.3 is 4.90 Å². The Hall–Kier alpha value is -1.78. The molecule has 0 N–H and O–H groups in total. The van der Waals surface area contributed by atoms with Crippen LogP contribution in [0.3, 0.4) is 0 Å². The van der Waals surface area contributed by atoms with Crippen LogP contribution >= 0.6 is 23.2 Å². The van der Waals surface area contributed by atoms with Gasteiger partial charge >= 0.3 is 6.03 Å². The Morgan fingerprint density at radius 3 is 2.76 bits per heavy atom. The fraction of sp³-hybridized carbons (Fsp3) is 0.200. The molecular weight excluding hydrogens is 309 g/mol. The summed E-state index contributed by atoms with van der Waals surface area (Å²) in [6.45, 7) is 0.891.